The number of benzene rings is 3. The van der Waals surface area contributed by atoms with Gasteiger partial charge in [-0.05, 0) is 48.5 Å². The second-order valence-corrected chi connectivity index (χ2v) is 9.07. The number of carbonyl (C=O) groups is 1. The van der Waals surface area contributed by atoms with E-state index in [1.807, 2.05) is 0 Å². The zero-order valence-electron chi connectivity index (χ0n) is 19.8. The molecule has 3 aromatic carbocycles. The number of hydrogen-bond donors (Lipinski definition) is 2. The van der Waals surface area contributed by atoms with Gasteiger partial charge in [0.1, 0.15) is 5.82 Å². The lowest BCUT2D eigenvalue weighted by Crippen LogP contribution is -2.18. The average molecular weight is 529 g/mol. The molecular formula is C24H21FN4O7S. The van der Waals surface area contributed by atoms with Gasteiger partial charge < -0.3 is 18.6 Å². The van der Waals surface area contributed by atoms with Crippen molar-refractivity contribution in [1.29, 1.82) is 0 Å². The van der Waals surface area contributed by atoms with E-state index in [0.29, 0.717) is 22.8 Å². The summed E-state index contributed by atoms with van der Waals surface area (Å²) in [4.78, 5) is 12.8. The van der Waals surface area contributed by atoms with Gasteiger partial charge in [0.15, 0.2) is 11.5 Å². The Labute approximate surface area is 211 Å². The maximum atomic E-state index is 13.2. The first-order valence-electron chi connectivity index (χ1n) is 10.6. The molecule has 0 fully saturated rings. The van der Waals surface area contributed by atoms with Gasteiger partial charge in [0.25, 0.3) is 15.9 Å². The van der Waals surface area contributed by atoms with Crippen LogP contribution in [-0.4, -0.2) is 45.9 Å². The SMILES string of the molecule is COc1cc(-c2nnc(NC(=O)c3ccccc3NS(=O)(=O)c3ccc(F)cc3)o2)cc(OC)c1OC. The van der Waals surface area contributed by atoms with Crippen LogP contribution in [0.15, 0.2) is 70.0 Å². The molecule has 0 bridgehead atoms. The minimum atomic E-state index is -4.09. The van der Waals surface area contributed by atoms with Crippen molar-refractivity contribution in [2.75, 3.05) is 31.4 Å². The monoisotopic (exact) mass is 528 g/mol. The highest BCUT2D eigenvalue weighted by Crippen LogP contribution is 2.41. The molecule has 1 amide bonds. The van der Waals surface area contributed by atoms with E-state index < -0.39 is 21.7 Å². The topological polar surface area (TPSA) is 142 Å². The van der Waals surface area contributed by atoms with Gasteiger partial charge in [-0.2, -0.15) is 0 Å². The quantitative estimate of drug-likeness (QED) is 0.330. The number of nitrogens with zero attached hydrogens (tertiary/aromatic N) is 2. The fourth-order valence-corrected chi connectivity index (χ4v) is 4.43. The van der Waals surface area contributed by atoms with Gasteiger partial charge in [0.2, 0.25) is 11.6 Å². The molecule has 1 aromatic heterocycles. The number of sulfonamides is 1. The van der Waals surface area contributed by atoms with Crippen LogP contribution >= 0.6 is 0 Å². The third-order valence-electron chi connectivity index (χ3n) is 5.10. The third kappa shape index (κ3) is 5.46. The summed E-state index contributed by atoms with van der Waals surface area (Å²) in [5.41, 5.74) is 0.421. The van der Waals surface area contributed by atoms with E-state index in [1.165, 1.54) is 33.5 Å². The number of hydrogen-bond acceptors (Lipinski definition) is 9. The molecule has 192 valence electrons. The Bertz CT molecular complexity index is 1510. The average Bonchev–Trinajstić information content (AvgIpc) is 3.36. The molecule has 0 aliphatic heterocycles. The molecule has 0 atom stereocenters. The van der Waals surface area contributed by atoms with E-state index in [2.05, 4.69) is 20.2 Å². The van der Waals surface area contributed by atoms with Crippen LogP contribution in [0, 0.1) is 5.82 Å². The van der Waals surface area contributed by atoms with E-state index in [9.17, 15) is 17.6 Å². The highest BCUT2D eigenvalue weighted by molar-refractivity contribution is 7.92. The minimum Gasteiger partial charge on any atom is -0.493 e. The summed E-state index contributed by atoms with van der Waals surface area (Å²) in [6.45, 7) is 0. The van der Waals surface area contributed by atoms with E-state index in [-0.39, 0.29) is 28.1 Å². The normalized spacial score (nSPS) is 11.0. The zero-order valence-corrected chi connectivity index (χ0v) is 20.6. The molecule has 2 N–H and O–H groups in total. The summed E-state index contributed by atoms with van der Waals surface area (Å²) in [7, 11) is 0.299. The molecular weight excluding hydrogens is 507 g/mol. The summed E-state index contributed by atoms with van der Waals surface area (Å²) in [5.74, 6) is -0.131. The minimum absolute atomic E-state index is 0.00584. The van der Waals surface area contributed by atoms with Crippen LogP contribution in [0.3, 0.4) is 0 Å². The summed E-state index contributed by atoms with van der Waals surface area (Å²) >= 11 is 0. The molecule has 0 radical (unpaired) electrons. The molecule has 0 saturated carbocycles. The molecule has 11 nitrogen and oxygen atoms in total. The van der Waals surface area contributed by atoms with Crippen molar-refractivity contribution in [1.82, 2.24) is 10.2 Å². The Morgan fingerprint density at radius 3 is 2.19 bits per heavy atom. The lowest BCUT2D eigenvalue weighted by Gasteiger charge is -2.12. The standard InChI is InChI=1S/C24H21FN4O7S/c1-33-19-12-14(13-20(34-2)21(19)35-3)23-27-28-24(36-23)26-22(30)17-6-4-5-7-18(17)29-37(31,32)16-10-8-15(25)9-11-16/h4-13,29H,1-3H3,(H,26,28,30). The van der Waals surface area contributed by atoms with E-state index >= 15 is 0 Å². The molecule has 0 spiro atoms. The molecule has 0 unspecified atom stereocenters. The molecule has 0 aliphatic carbocycles. The van der Waals surface area contributed by atoms with Crippen LogP contribution < -0.4 is 24.2 Å². The maximum Gasteiger partial charge on any atom is 0.322 e. The van der Waals surface area contributed by atoms with Crippen LogP contribution in [0.5, 0.6) is 17.2 Å². The van der Waals surface area contributed by atoms with Gasteiger partial charge in [0.05, 0.1) is 37.5 Å². The lowest BCUT2D eigenvalue weighted by atomic mass is 10.2. The van der Waals surface area contributed by atoms with Gasteiger partial charge >= 0.3 is 6.01 Å². The molecule has 13 heteroatoms. The van der Waals surface area contributed by atoms with E-state index in [0.717, 1.165) is 24.3 Å². The van der Waals surface area contributed by atoms with Crippen LogP contribution in [0.4, 0.5) is 16.1 Å². The van der Waals surface area contributed by atoms with Gasteiger partial charge in [-0.15, -0.1) is 5.10 Å². The highest BCUT2D eigenvalue weighted by Gasteiger charge is 2.21. The molecule has 1 heterocycles. The van der Waals surface area contributed by atoms with Gasteiger partial charge in [-0.1, -0.05) is 17.2 Å². The largest absolute Gasteiger partial charge is 0.493 e. The first-order valence-corrected chi connectivity index (χ1v) is 12.1. The molecule has 37 heavy (non-hydrogen) atoms. The number of carbonyl (C=O) groups excluding carboxylic acids is 1. The molecule has 0 aliphatic rings. The first-order chi connectivity index (χ1) is 17.7. The summed E-state index contributed by atoms with van der Waals surface area (Å²) in [6, 6.07) is 13.2. The number of methoxy groups -OCH3 is 3. The van der Waals surface area contributed by atoms with Crippen LogP contribution in [0.2, 0.25) is 0 Å². The second kappa shape index (κ2) is 10.5. The van der Waals surface area contributed by atoms with Crippen molar-refractivity contribution in [3.05, 3.63) is 72.0 Å². The van der Waals surface area contributed by atoms with Gasteiger partial charge in [-0.3, -0.25) is 14.8 Å². The molecule has 0 saturated heterocycles. The predicted molar refractivity (Wildman–Crippen MR) is 131 cm³/mol. The molecule has 4 rings (SSSR count). The Balaban J connectivity index is 1.57. The molecule has 4 aromatic rings. The van der Waals surface area contributed by atoms with Crippen LogP contribution in [0.25, 0.3) is 11.5 Å². The van der Waals surface area contributed by atoms with E-state index in [4.69, 9.17) is 18.6 Å². The summed E-state index contributed by atoms with van der Waals surface area (Å²) in [5, 5.41) is 10.2. The summed E-state index contributed by atoms with van der Waals surface area (Å²) < 4.78 is 62.5. The maximum absolute atomic E-state index is 13.2. The van der Waals surface area contributed by atoms with Crippen molar-refractivity contribution < 1.29 is 36.2 Å². The van der Waals surface area contributed by atoms with Crippen LogP contribution in [0.1, 0.15) is 10.4 Å². The smallest absolute Gasteiger partial charge is 0.322 e. The Morgan fingerprint density at radius 2 is 1.57 bits per heavy atom. The van der Waals surface area contributed by atoms with E-state index in [1.54, 1.807) is 24.3 Å². The lowest BCUT2D eigenvalue weighted by molar-refractivity contribution is 0.102. The van der Waals surface area contributed by atoms with Crippen molar-refractivity contribution in [3.63, 3.8) is 0 Å². The Kier molecular flexibility index (Phi) is 7.25. The number of ether oxygens (including phenoxy) is 3. The number of aromatic nitrogens is 2. The highest BCUT2D eigenvalue weighted by atomic mass is 32.2. The predicted octanol–water partition coefficient (Wildman–Crippen LogP) is 3.95. The number of nitrogens with one attached hydrogen (secondary N) is 2. The fourth-order valence-electron chi connectivity index (χ4n) is 3.35. The zero-order chi connectivity index (χ0) is 26.6. The summed E-state index contributed by atoms with van der Waals surface area (Å²) in [6.07, 6.45) is 0. The number of rotatable bonds is 9. The third-order valence-corrected chi connectivity index (χ3v) is 6.48. The first kappa shape index (κ1) is 25.4. The second-order valence-electron chi connectivity index (χ2n) is 7.39. The van der Waals surface area contributed by atoms with Crippen LogP contribution in [-0.2, 0) is 10.0 Å². The fraction of sp³-hybridized carbons (Fsp3) is 0.125. The van der Waals surface area contributed by atoms with Gasteiger partial charge in [0, 0.05) is 5.56 Å². The number of para-hydroxylation sites is 1. The van der Waals surface area contributed by atoms with Crippen molar-refractivity contribution in [3.8, 4) is 28.7 Å². The number of halogens is 1. The van der Waals surface area contributed by atoms with Gasteiger partial charge in [-0.25, -0.2) is 12.8 Å². The number of anilines is 2. The Morgan fingerprint density at radius 1 is 0.919 bits per heavy atom. The van der Waals surface area contributed by atoms with Crippen molar-refractivity contribution in [2.45, 2.75) is 4.90 Å². The Hall–Kier alpha value is -4.65. The number of amides is 1. The van der Waals surface area contributed by atoms with Crippen molar-refractivity contribution in [2.24, 2.45) is 0 Å². The van der Waals surface area contributed by atoms with Crippen molar-refractivity contribution >= 4 is 27.6 Å².